The fraction of sp³-hybridized carbons (Fsp3) is 0.188. The van der Waals surface area contributed by atoms with Crippen molar-refractivity contribution < 1.29 is 14.3 Å². The maximum Gasteiger partial charge on any atom is 0.162 e. The van der Waals surface area contributed by atoms with Crippen molar-refractivity contribution in [3.63, 3.8) is 0 Å². The summed E-state index contributed by atoms with van der Waals surface area (Å²) in [5.41, 5.74) is 1.39. The highest BCUT2D eigenvalue weighted by molar-refractivity contribution is 9.10. The Morgan fingerprint density at radius 1 is 1.09 bits per heavy atom. The van der Waals surface area contributed by atoms with Crippen LogP contribution in [0.4, 0.5) is 0 Å². The largest absolute Gasteiger partial charge is 0.490 e. The summed E-state index contributed by atoms with van der Waals surface area (Å²) in [4.78, 5) is 11.0. The molecule has 0 radical (unpaired) electrons. The fourth-order valence-corrected chi connectivity index (χ4v) is 2.55. The zero-order chi connectivity index (χ0) is 16.1. The molecule has 0 atom stereocenters. The lowest BCUT2D eigenvalue weighted by Gasteiger charge is -2.13. The average Bonchev–Trinajstić information content (AvgIpc) is 2.50. The second kappa shape index (κ2) is 7.86. The molecule has 116 valence electrons. The van der Waals surface area contributed by atoms with Crippen LogP contribution in [0.3, 0.4) is 0 Å². The number of ether oxygens (including phenoxy) is 2. The maximum atomic E-state index is 11.0. The van der Waals surface area contributed by atoms with Gasteiger partial charge in [0.2, 0.25) is 0 Å². The maximum absolute atomic E-state index is 11.0. The van der Waals surface area contributed by atoms with Crippen LogP contribution in [0.15, 0.2) is 34.8 Å². The van der Waals surface area contributed by atoms with Crippen LogP contribution in [0.25, 0.3) is 0 Å². The van der Waals surface area contributed by atoms with E-state index < -0.39 is 0 Å². The molecule has 22 heavy (non-hydrogen) atoms. The molecule has 2 aromatic carbocycles. The molecule has 0 aliphatic carbocycles. The van der Waals surface area contributed by atoms with Gasteiger partial charge in [-0.3, -0.25) is 4.79 Å². The molecule has 0 amide bonds. The van der Waals surface area contributed by atoms with Gasteiger partial charge in [-0.2, -0.15) is 0 Å². The summed E-state index contributed by atoms with van der Waals surface area (Å²) >= 11 is 15.2. The fourth-order valence-electron chi connectivity index (χ4n) is 1.81. The molecule has 0 aromatic heterocycles. The quantitative estimate of drug-likeness (QED) is 0.593. The van der Waals surface area contributed by atoms with E-state index in [1.807, 2.05) is 13.0 Å². The van der Waals surface area contributed by atoms with Gasteiger partial charge in [0.05, 0.1) is 16.7 Å². The molecule has 0 heterocycles. The molecule has 6 heteroatoms. The molecule has 0 unspecified atom stereocenters. The Morgan fingerprint density at radius 3 is 2.45 bits per heavy atom. The Bertz CT molecular complexity index is 689. The van der Waals surface area contributed by atoms with Crippen molar-refractivity contribution >= 4 is 45.4 Å². The van der Waals surface area contributed by atoms with E-state index in [0.29, 0.717) is 44.8 Å². The SMILES string of the molecule is CCOc1cc(C=O)c(Br)cc1OCc1ccc(Cl)c(Cl)c1. The monoisotopic (exact) mass is 402 g/mol. The van der Waals surface area contributed by atoms with Crippen molar-refractivity contribution in [2.24, 2.45) is 0 Å². The van der Waals surface area contributed by atoms with Gasteiger partial charge in [-0.25, -0.2) is 0 Å². The van der Waals surface area contributed by atoms with Gasteiger partial charge in [-0.05, 0) is 52.7 Å². The second-order valence-corrected chi connectivity index (χ2v) is 6.08. The first-order chi connectivity index (χ1) is 10.5. The smallest absolute Gasteiger partial charge is 0.162 e. The number of halogens is 3. The topological polar surface area (TPSA) is 35.5 Å². The summed E-state index contributed by atoms with van der Waals surface area (Å²) in [6.45, 7) is 2.65. The number of hydrogen-bond acceptors (Lipinski definition) is 3. The number of rotatable bonds is 6. The first kappa shape index (κ1) is 17.1. The van der Waals surface area contributed by atoms with E-state index in [2.05, 4.69) is 15.9 Å². The lowest BCUT2D eigenvalue weighted by Crippen LogP contribution is -2.01. The Labute approximate surface area is 147 Å². The molecule has 0 N–H and O–H groups in total. The van der Waals surface area contributed by atoms with Crippen LogP contribution >= 0.6 is 39.1 Å². The van der Waals surface area contributed by atoms with Gasteiger partial charge < -0.3 is 9.47 Å². The van der Waals surface area contributed by atoms with Gasteiger partial charge in [0.1, 0.15) is 6.61 Å². The minimum Gasteiger partial charge on any atom is -0.490 e. The lowest BCUT2D eigenvalue weighted by molar-refractivity contribution is 0.112. The Balaban J connectivity index is 2.22. The standard InChI is InChI=1S/C16H13BrCl2O3/c1-2-21-15-6-11(8-20)12(17)7-16(15)22-9-10-3-4-13(18)14(19)5-10/h3-8H,2,9H2,1H3. The highest BCUT2D eigenvalue weighted by atomic mass is 79.9. The highest BCUT2D eigenvalue weighted by Crippen LogP contribution is 2.34. The van der Waals surface area contributed by atoms with Crippen LogP contribution in [-0.4, -0.2) is 12.9 Å². The molecule has 2 rings (SSSR count). The summed E-state index contributed by atoms with van der Waals surface area (Å²) in [5, 5.41) is 0.976. The minimum atomic E-state index is 0.309. The van der Waals surface area contributed by atoms with Gasteiger partial charge in [0, 0.05) is 10.0 Å². The summed E-state index contributed by atoms with van der Waals surface area (Å²) < 4.78 is 11.9. The van der Waals surface area contributed by atoms with Gasteiger partial charge >= 0.3 is 0 Å². The van der Waals surface area contributed by atoms with E-state index in [0.717, 1.165) is 11.8 Å². The Kier molecular flexibility index (Phi) is 6.12. The average molecular weight is 404 g/mol. The van der Waals surface area contributed by atoms with Gasteiger partial charge in [-0.1, -0.05) is 29.3 Å². The lowest BCUT2D eigenvalue weighted by atomic mass is 10.2. The van der Waals surface area contributed by atoms with Crippen molar-refractivity contribution in [1.82, 2.24) is 0 Å². The summed E-state index contributed by atoms with van der Waals surface area (Å²) in [6.07, 6.45) is 0.759. The number of benzene rings is 2. The van der Waals surface area contributed by atoms with Gasteiger partial charge in [-0.15, -0.1) is 0 Å². The molecule has 0 bridgehead atoms. The van der Waals surface area contributed by atoms with Crippen molar-refractivity contribution in [2.45, 2.75) is 13.5 Å². The van der Waals surface area contributed by atoms with Crippen molar-refractivity contribution in [1.29, 1.82) is 0 Å². The third kappa shape index (κ3) is 4.15. The molecule has 0 aliphatic rings. The van der Waals surface area contributed by atoms with E-state index in [4.69, 9.17) is 32.7 Å². The normalized spacial score (nSPS) is 10.4. The van der Waals surface area contributed by atoms with Gasteiger partial charge in [0.25, 0.3) is 0 Å². The molecule has 0 saturated heterocycles. The van der Waals surface area contributed by atoms with Crippen LogP contribution < -0.4 is 9.47 Å². The zero-order valence-electron chi connectivity index (χ0n) is 11.7. The molecule has 3 nitrogen and oxygen atoms in total. The highest BCUT2D eigenvalue weighted by Gasteiger charge is 2.11. The number of aldehydes is 1. The third-order valence-corrected chi connectivity index (χ3v) is 4.29. The molecular formula is C16H13BrCl2O3. The van der Waals surface area contributed by atoms with E-state index >= 15 is 0 Å². The van der Waals surface area contributed by atoms with Crippen molar-refractivity contribution in [3.05, 3.63) is 56.0 Å². The van der Waals surface area contributed by atoms with Gasteiger partial charge in [0.15, 0.2) is 17.8 Å². The molecule has 0 aliphatic heterocycles. The van der Waals surface area contributed by atoms with Crippen molar-refractivity contribution in [3.8, 4) is 11.5 Å². The summed E-state index contributed by atoms with van der Waals surface area (Å²) in [7, 11) is 0. The van der Waals surface area contributed by atoms with E-state index in [9.17, 15) is 4.79 Å². The van der Waals surface area contributed by atoms with Crippen LogP contribution in [0.5, 0.6) is 11.5 Å². The molecule has 0 saturated carbocycles. The first-order valence-corrected chi connectivity index (χ1v) is 8.08. The minimum absolute atomic E-state index is 0.309. The summed E-state index contributed by atoms with van der Waals surface area (Å²) in [5.74, 6) is 1.07. The second-order valence-electron chi connectivity index (χ2n) is 4.41. The molecule has 0 spiro atoms. The Morgan fingerprint density at radius 2 is 1.82 bits per heavy atom. The van der Waals surface area contributed by atoms with E-state index in [-0.39, 0.29) is 0 Å². The van der Waals surface area contributed by atoms with Crippen LogP contribution in [0.1, 0.15) is 22.8 Å². The van der Waals surface area contributed by atoms with E-state index in [1.165, 1.54) is 0 Å². The first-order valence-electron chi connectivity index (χ1n) is 6.53. The van der Waals surface area contributed by atoms with Crippen LogP contribution in [-0.2, 0) is 6.61 Å². The number of carbonyl (C=O) groups excluding carboxylic acids is 1. The molecule has 2 aromatic rings. The third-order valence-electron chi connectivity index (χ3n) is 2.87. The van der Waals surface area contributed by atoms with Crippen molar-refractivity contribution in [2.75, 3.05) is 6.61 Å². The van der Waals surface area contributed by atoms with Crippen LogP contribution in [0.2, 0.25) is 10.0 Å². The summed E-state index contributed by atoms with van der Waals surface area (Å²) in [6, 6.07) is 8.66. The van der Waals surface area contributed by atoms with Crippen LogP contribution in [0, 0.1) is 0 Å². The molecular weight excluding hydrogens is 391 g/mol. The predicted molar refractivity (Wildman–Crippen MR) is 91.5 cm³/mol. The number of hydrogen-bond donors (Lipinski definition) is 0. The Hall–Kier alpha value is -1.23. The zero-order valence-corrected chi connectivity index (χ0v) is 14.8. The molecule has 0 fully saturated rings. The van der Waals surface area contributed by atoms with E-state index in [1.54, 1.807) is 24.3 Å². The predicted octanol–water partition coefficient (Wildman–Crippen LogP) is 5.55. The number of carbonyl (C=O) groups is 1.